The molecule has 0 saturated carbocycles. The molecule has 0 aromatic heterocycles. The zero-order valence-electron chi connectivity index (χ0n) is 12.6. The molecule has 1 aliphatic rings. The molecular formula is C15H32N2O. The smallest absolute Gasteiger partial charge is 0.0590 e. The largest absolute Gasteiger partial charge is 0.380 e. The van der Waals surface area contributed by atoms with Gasteiger partial charge in [-0.05, 0) is 51.7 Å². The van der Waals surface area contributed by atoms with Crippen molar-refractivity contribution >= 4 is 0 Å². The summed E-state index contributed by atoms with van der Waals surface area (Å²) in [7, 11) is 2.26. The number of piperidine rings is 1. The standard InChI is InChI=1S/C15H32N2O/c1-14(2)8-12-18-13-10-16-9-7-15-6-4-5-11-17(15)3/h14-16H,4-13H2,1-3H3. The van der Waals surface area contributed by atoms with Gasteiger partial charge in [-0.15, -0.1) is 0 Å². The Morgan fingerprint density at radius 1 is 1.22 bits per heavy atom. The van der Waals surface area contributed by atoms with E-state index in [2.05, 4.69) is 31.1 Å². The Morgan fingerprint density at radius 3 is 2.78 bits per heavy atom. The minimum atomic E-state index is 0.750. The van der Waals surface area contributed by atoms with E-state index < -0.39 is 0 Å². The van der Waals surface area contributed by atoms with E-state index in [1.165, 1.54) is 38.6 Å². The maximum absolute atomic E-state index is 5.58. The fraction of sp³-hybridized carbons (Fsp3) is 1.00. The molecule has 0 amide bonds. The molecule has 1 fully saturated rings. The molecule has 0 spiro atoms. The molecule has 0 aromatic rings. The minimum Gasteiger partial charge on any atom is -0.380 e. The molecule has 0 aliphatic carbocycles. The van der Waals surface area contributed by atoms with Gasteiger partial charge in [-0.3, -0.25) is 0 Å². The summed E-state index contributed by atoms with van der Waals surface area (Å²) in [4.78, 5) is 2.52. The van der Waals surface area contributed by atoms with Crippen molar-refractivity contribution < 1.29 is 4.74 Å². The quantitative estimate of drug-likeness (QED) is 0.642. The lowest BCUT2D eigenvalue weighted by atomic mass is 10.0. The van der Waals surface area contributed by atoms with Crippen LogP contribution in [0, 0.1) is 5.92 Å². The van der Waals surface area contributed by atoms with Crippen LogP contribution in [0.25, 0.3) is 0 Å². The highest BCUT2D eigenvalue weighted by molar-refractivity contribution is 4.74. The number of rotatable bonds is 9. The Morgan fingerprint density at radius 2 is 2.06 bits per heavy atom. The van der Waals surface area contributed by atoms with E-state index in [4.69, 9.17) is 4.74 Å². The van der Waals surface area contributed by atoms with Crippen LogP contribution in [0.5, 0.6) is 0 Å². The molecule has 1 rings (SSSR count). The number of nitrogens with zero attached hydrogens (tertiary/aromatic N) is 1. The van der Waals surface area contributed by atoms with E-state index in [0.29, 0.717) is 0 Å². The average molecular weight is 256 g/mol. The summed E-state index contributed by atoms with van der Waals surface area (Å²) in [6.07, 6.45) is 6.62. The van der Waals surface area contributed by atoms with E-state index >= 15 is 0 Å². The molecule has 3 nitrogen and oxygen atoms in total. The second-order valence-corrected chi connectivity index (χ2v) is 5.96. The van der Waals surface area contributed by atoms with Gasteiger partial charge in [-0.25, -0.2) is 0 Å². The minimum absolute atomic E-state index is 0.750. The molecule has 3 heteroatoms. The lowest BCUT2D eigenvalue weighted by molar-refractivity contribution is 0.124. The molecule has 1 unspecified atom stereocenters. The van der Waals surface area contributed by atoms with E-state index in [1.807, 2.05) is 0 Å². The van der Waals surface area contributed by atoms with Gasteiger partial charge in [0.2, 0.25) is 0 Å². The van der Waals surface area contributed by atoms with E-state index in [9.17, 15) is 0 Å². The number of hydrogen-bond acceptors (Lipinski definition) is 3. The summed E-state index contributed by atoms with van der Waals surface area (Å²) in [5, 5.41) is 3.49. The van der Waals surface area contributed by atoms with Gasteiger partial charge in [-0.2, -0.15) is 0 Å². The van der Waals surface area contributed by atoms with Crippen molar-refractivity contribution in [2.45, 2.75) is 52.0 Å². The van der Waals surface area contributed by atoms with Crippen LogP contribution in [0.4, 0.5) is 0 Å². The molecule has 0 radical (unpaired) electrons. The molecule has 0 bridgehead atoms. The third-order valence-corrected chi connectivity index (χ3v) is 3.84. The average Bonchev–Trinajstić information content (AvgIpc) is 2.34. The highest BCUT2D eigenvalue weighted by Crippen LogP contribution is 2.16. The van der Waals surface area contributed by atoms with Crippen LogP contribution >= 0.6 is 0 Å². The van der Waals surface area contributed by atoms with Gasteiger partial charge in [0.1, 0.15) is 0 Å². The van der Waals surface area contributed by atoms with Crippen LogP contribution in [-0.4, -0.2) is 50.8 Å². The first-order valence-corrected chi connectivity index (χ1v) is 7.69. The van der Waals surface area contributed by atoms with Gasteiger partial charge in [0, 0.05) is 19.2 Å². The molecule has 1 heterocycles. The van der Waals surface area contributed by atoms with Gasteiger partial charge in [-0.1, -0.05) is 20.3 Å². The van der Waals surface area contributed by atoms with Crippen LogP contribution in [0.3, 0.4) is 0 Å². The lowest BCUT2D eigenvalue weighted by Crippen LogP contribution is -2.38. The SMILES string of the molecule is CC(C)CCOCCNCCC1CCCCN1C. The Balaban J connectivity index is 1.86. The Kier molecular flexibility index (Phi) is 8.64. The third-order valence-electron chi connectivity index (χ3n) is 3.84. The van der Waals surface area contributed by atoms with Crippen LogP contribution in [0.1, 0.15) is 46.0 Å². The van der Waals surface area contributed by atoms with Crippen molar-refractivity contribution in [2.24, 2.45) is 5.92 Å². The van der Waals surface area contributed by atoms with Crippen molar-refractivity contribution in [3.63, 3.8) is 0 Å². The van der Waals surface area contributed by atoms with Gasteiger partial charge in [0.15, 0.2) is 0 Å². The predicted molar refractivity (Wildman–Crippen MR) is 78.0 cm³/mol. The van der Waals surface area contributed by atoms with Crippen LogP contribution < -0.4 is 5.32 Å². The van der Waals surface area contributed by atoms with Gasteiger partial charge in [0.05, 0.1) is 6.61 Å². The second kappa shape index (κ2) is 9.76. The maximum Gasteiger partial charge on any atom is 0.0590 e. The van der Waals surface area contributed by atoms with Crippen molar-refractivity contribution in [1.82, 2.24) is 10.2 Å². The molecule has 108 valence electrons. The summed E-state index contributed by atoms with van der Waals surface area (Å²) in [6.45, 7) is 9.64. The van der Waals surface area contributed by atoms with E-state index in [1.54, 1.807) is 0 Å². The maximum atomic E-state index is 5.58. The Labute approximate surface area is 113 Å². The van der Waals surface area contributed by atoms with Crippen molar-refractivity contribution in [3.05, 3.63) is 0 Å². The fourth-order valence-electron chi connectivity index (χ4n) is 2.47. The van der Waals surface area contributed by atoms with E-state index in [0.717, 1.165) is 38.3 Å². The zero-order valence-corrected chi connectivity index (χ0v) is 12.6. The van der Waals surface area contributed by atoms with Gasteiger partial charge < -0.3 is 15.0 Å². The monoisotopic (exact) mass is 256 g/mol. The predicted octanol–water partition coefficient (Wildman–Crippen LogP) is 2.51. The second-order valence-electron chi connectivity index (χ2n) is 5.96. The summed E-state index contributed by atoms with van der Waals surface area (Å²) in [6, 6.07) is 0.799. The van der Waals surface area contributed by atoms with Gasteiger partial charge in [0.25, 0.3) is 0 Å². The number of likely N-dealkylation sites (tertiary alicyclic amines) is 1. The highest BCUT2D eigenvalue weighted by Gasteiger charge is 2.17. The third kappa shape index (κ3) is 7.34. The fourth-order valence-corrected chi connectivity index (χ4v) is 2.47. The summed E-state index contributed by atoms with van der Waals surface area (Å²) in [5.41, 5.74) is 0. The Bertz CT molecular complexity index is 197. The molecule has 0 aromatic carbocycles. The van der Waals surface area contributed by atoms with Crippen LogP contribution in [0.2, 0.25) is 0 Å². The van der Waals surface area contributed by atoms with Crippen molar-refractivity contribution in [1.29, 1.82) is 0 Å². The molecule has 18 heavy (non-hydrogen) atoms. The first-order chi connectivity index (χ1) is 8.70. The number of ether oxygens (including phenoxy) is 1. The zero-order chi connectivity index (χ0) is 13.2. The molecule has 1 aliphatic heterocycles. The number of nitrogens with one attached hydrogen (secondary N) is 1. The Hall–Kier alpha value is -0.120. The topological polar surface area (TPSA) is 24.5 Å². The van der Waals surface area contributed by atoms with E-state index in [-0.39, 0.29) is 0 Å². The summed E-state index contributed by atoms with van der Waals surface area (Å²) < 4.78 is 5.58. The molecular weight excluding hydrogens is 224 g/mol. The van der Waals surface area contributed by atoms with Crippen LogP contribution in [0.15, 0.2) is 0 Å². The highest BCUT2D eigenvalue weighted by atomic mass is 16.5. The van der Waals surface area contributed by atoms with Crippen molar-refractivity contribution in [2.75, 3.05) is 39.9 Å². The van der Waals surface area contributed by atoms with Gasteiger partial charge >= 0.3 is 0 Å². The first-order valence-electron chi connectivity index (χ1n) is 7.69. The first kappa shape index (κ1) is 15.9. The lowest BCUT2D eigenvalue weighted by Gasteiger charge is -2.32. The molecule has 1 saturated heterocycles. The summed E-state index contributed by atoms with van der Waals surface area (Å²) in [5.74, 6) is 0.750. The molecule has 1 atom stereocenters. The molecule has 1 N–H and O–H groups in total. The normalized spacial score (nSPS) is 21.7. The number of hydrogen-bond donors (Lipinski definition) is 1. The van der Waals surface area contributed by atoms with Crippen molar-refractivity contribution in [3.8, 4) is 0 Å². The summed E-state index contributed by atoms with van der Waals surface area (Å²) >= 11 is 0. The van der Waals surface area contributed by atoms with Crippen LogP contribution in [-0.2, 0) is 4.74 Å².